The van der Waals surface area contributed by atoms with E-state index >= 15 is 0 Å². The van der Waals surface area contributed by atoms with E-state index in [1.165, 1.54) is 12.8 Å². The number of nitrogens with zero attached hydrogens (tertiary/aromatic N) is 2. The predicted octanol–water partition coefficient (Wildman–Crippen LogP) is 1.00. The second-order valence-electron chi connectivity index (χ2n) is 5.22. The van der Waals surface area contributed by atoms with Gasteiger partial charge in [0.25, 0.3) is 5.91 Å². The Kier molecular flexibility index (Phi) is 4.90. The number of rotatable bonds is 6. The summed E-state index contributed by atoms with van der Waals surface area (Å²) in [5.41, 5.74) is 5.77. The zero-order valence-electron chi connectivity index (χ0n) is 11.5. The van der Waals surface area contributed by atoms with Gasteiger partial charge >= 0.3 is 0 Å². The summed E-state index contributed by atoms with van der Waals surface area (Å²) >= 11 is 0. The Morgan fingerprint density at radius 2 is 2.26 bits per heavy atom. The molecule has 1 aromatic rings. The van der Waals surface area contributed by atoms with E-state index in [9.17, 15) is 4.79 Å². The zero-order valence-corrected chi connectivity index (χ0v) is 11.5. The minimum absolute atomic E-state index is 0.0446. The van der Waals surface area contributed by atoms with Gasteiger partial charge in [-0.2, -0.15) is 0 Å². The summed E-state index contributed by atoms with van der Waals surface area (Å²) < 4.78 is 0. The van der Waals surface area contributed by atoms with Gasteiger partial charge in [0.1, 0.15) is 5.82 Å². The van der Waals surface area contributed by atoms with E-state index in [4.69, 9.17) is 5.73 Å². The molecule has 0 aliphatic heterocycles. The van der Waals surface area contributed by atoms with Gasteiger partial charge in [-0.1, -0.05) is 19.8 Å². The summed E-state index contributed by atoms with van der Waals surface area (Å²) in [4.78, 5) is 16.3. The van der Waals surface area contributed by atoms with Crippen LogP contribution in [0.2, 0.25) is 0 Å². The second-order valence-corrected chi connectivity index (χ2v) is 5.22. The molecule has 19 heavy (non-hydrogen) atoms. The summed E-state index contributed by atoms with van der Waals surface area (Å²) in [6.07, 6.45) is 6.55. The molecule has 1 aromatic heterocycles. The number of carbonyl (C=O) groups is 1. The van der Waals surface area contributed by atoms with Crippen LogP contribution in [0.4, 0.5) is 0 Å². The first kappa shape index (κ1) is 14.0. The maximum absolute atomic E-state index is 12.1. The third kappa shape index (κ3) is 3.53. The number of nitrogens with two attached hydrogens (primary N) is 1. The van der Waals surface area contributed by atoms with E-state index in [-0.39, 0.29) is 17.8 Å². The maximum Gasteiger partial charge on any atom is 0.291 e. The van der Waals surface area contributed by atoms with Crippen molar-refractivity contribution < 1.29 is 4.79 Å². The van der Waals surface area contributed by atoms with Crippen LogP contribution >= 0.6 is 0 Å². The normalized spacial score (nSPS) is 17.6. The molecular weight excluding hydrogens is 242 g/mol. The highest BCUT2D eigenvalue weighted by Crippen LogP contribution is 2.27. The van der Waals surface area contributed by atoms with Crippen molar-refractivity contribution in [1.29, 1.82) is 0 Å². The van der Waals surface area contributed by atoms with Gasteiger partial charge in [0.15, 0.2) is 0 Å². The van der Waals surface area contributed by atoms with E-state index in [0.29, 0.717) is 12.5 Å². The van der Waals surface area contributed by atoms with Crippen LogP contribution in [0.3, 0.4) is 0 Å². The number of hydrogen-bond donors (Lipinski definition) is 3. The number of H-pyrrole nitrogens is 1. The van der Waals surface area contributed by atoms with Gasteiger partial charge in [-0.3, -0.25) is 9.89 Å². The largest absolute Gasteiger partial charge is 0.345 e. The Morgan fingerprint density at radius 3 is 2.89 bits per heavy atom. The van der Waals surface area contributed by atoms with Crippen LogP contribution in [0.25, 0.3) is 0 Å². The highest BCUT2D eigenvalue weighted by atomic mass is 16.2. The third-order valence-electron chi connectivity index (χ3n) is 3.76. The molecule has 1 amide bonds. The summed E-state index contributed by atoms with van der Waals surface area (Å²) in [5.74, 6) is 1.27. The first-order valence-electron chi connectivity index (χ1n) is 7.16. The number of carbonyl (C=O) groups excluding carboxylic acids is 1. The minimum Gasteiger partial charge on any atom is -0.345 e. The summed E-state index contributed by atoms with van der Waals surface area (Å²) in [7, 11) is 0. The van der Waals surface area contributed by atoms with E-state index in [1.807, 2.05) is 0 Å². The maximum atomic E-state index is 12.1. The number of amides is 1. The van der Waals surface area contributed by atoms with Crippen molar-refractivity contribution in [2.45, 2.75) is 51.5 Å². The molecule has 0 aromatic carbocycles. The molecular formula is C13H23N5O. The fourth-order valence-corrected chi connectivity index (χ4v) is 2.71. The summed E-state index contributed by atoms with van der Waals surface area (Å²) in [6, 6.07) is 0.0446. The van der Waals surface area contributed by atoms with Crippen LogP contribution in [0.1, 0.15) is 55.5 Å². The summed E-state index contributed by atoms with van der Waals surface area (Å²) in [5, 5.41) is 9.73. The Labute approximate surface area is 113 Å². The Bertz CT molecular complexity index is 411. The van der Waals surface area contributed by atoms with Crippen LogP contribution in [0, 0.1) is 5.92 Å². The van der Waals surface area contributed by atoms with Gasteiger partial charge in [-0.25, -0.2) is 4.98 Å². The molecule has 1 atom stereocenters. The van der Waals surface area contributed by atoms with Crippen LogP contribution in [-0.4, -0.2) is 33.7 Å². The van der Waals surface area contributed by atoms with E-state index in [1.54, 1.807) is 0 Å². The topological polar surface area (TPSA) is 96.7 Å². The standard InChI is InChI=1S/C13H23N5O/c1-2-5-11-16-12(18-17-11)13(19)15-10(8-14)9-6-3-4-7-9/h9-10H,2-8,14H2,1H3,(H,15,19)(H,16,17,18). The lowest BCUT2D eigenvalue weighted by molar-refractivity contribution is 0.0914. The SMILES string of the molecule is CCCc1nc(C(=O)NC(CN)C2CCCC2)n[nH]1. The summed E-state index contributed by atoms with van der Waals surface area (Å²) in [6.45, 7) is 2.54. The minimum atomic E-state index is -0.221. The van der Waals surface area contributed by atoms with Gasteiger partial charge in [-0.05, 0) is 25.2 Å². The van der Waals surface area contributed by atoms with Gasteiger partial charge in [-0.15, -0.1) is 5.10 Å². The third-order valence-corrected chi connectivity index (χ3v) is 3.76. The molecule has 6 nitrogen and oxygen atoms in total. The first-order valence-corrected chi connectivity index (χ1v) is 7.16. The Hall–Kier alpha value is -1.43. The molecule has 1 aliphatic carbocycles. The Balaban J connectivity index is 1.94. The second kappa shape index (κ2) is 6.65. The number of nitrogens with one attached hydrogen (secondary N) is 2. The number of aromatic nitrogens is 3. The average molecular weight is 265 g/mol. The molecule has 1 saturated carbocycles. The molecule has 106 valence electrons. The fourth-order valence-electron chi connectivity index (χ4n) is 2.71. The zero-order chi connectivity index (χ0) is 13.7. The van der Waals surface area contributed by atoms with Crippen molar-refractivity contribution in [3.8, 4) is 0 Å². The van der Waals surface area contributed by atoms with Crippen molar-refractivity contribution in [3.05, 3.63) is 11.6 Å². The monoisotopic (exact) mass is 265 g/mol. The van der Waals surface area contributed by atoms with Crippen molar-refractivity contribution >= 4 is 5.91 Å². The van der Waals surface area contributed by atoms with Gasteiger partial charge in [0, 0.05) is 19.0 Å². The molecule has 1 fully saturated rings. The molecule has 1 unspecified atom stereocenters. The number of aryl methyl sites for hydroxylation is 1. The lowest BCUT2D eigenvalue weighted by Gasteiger charge is -2.22. The molecule has 6 heteroatoms. The van der Waals surface area contributed by atoms with Crippen LogP contribution in [0.15, 0.2) is 0 Å². The van der Waals surface area contributed by atoms with E-state index in [2.05, 4.69) is 27.4 Å². The van der Waals surface area contributed by atoms with Crippen LogP contribution < -0.4 is 11.1 Å². The average Bonchev–Trinajstić information content (AvgIpc) is 3.07. The molecule has 2 rings (SSSR count). The van der Waals surface area contributed by atoms with Gasteiger partial charge < -0.3 is 11.1 Å². The van der Waals surface area contributed by atoms with Crippen molar-refractivity contribution in [3.63, 3.8) is 0 Å². The number of hydrogen-bond acceptors (Lipinski definition) is 4. The van der Waals surface area contributed by atoms with Crippen molar-refractivity contribution in [1.82, 2.24) is 20.5 Å². The Morgan fingerprint density at radius 1 is 1.53 bits per heavy atom. The van der Waals surface area contributed by atoms with Gasteiger partial charge in [0.2, 0.25) is 5.82 Å². The molecule has 1 heterocycles. The van der Waals surface area contributed by atoms with Crippen molar-refractivity contribution in [2.24, 2.45) is 11.7 Å². The quantitative estimate of drug-likeness (QED) is 0.715. The molecule has 0 saturated heterocycles. The molecule has 0 bridgehead atoms. The van der Waals surface area contributed by atoms with Crippen LogP contribution in [-0.2, 0) is 6.42 Å². The highest BCUT2D eigenvalue weighted by molar-refractivity contribution is 5.90. The highest BCUT2D eigenvalue weighted by Gasteiger charge is 2.26. The smallest absolute Gasteiger partial charge is 0.291 e. The van der Waals surface area contributed by atoms with E-state index in [0.717, 1.165) is 31.5 Å². The first-order chi connectivity index (χ1) is 9.24. The fraction of sp³-hybridized carbons (Fsp3) is 0.769. The van der Waals surface area contributed by atoms with E-state index < -0.39 is 0 Å². The lowest BCUT2D eigenvalue weighted by Crippen LogP contribution is -2.44. The van der Waals surface area contributed by atoms with Crippen molar-refractivity contribution in [2.75, 3.05) is 6.54 Å². The van der Waals surface area contributed by atoms with Crippen LogP contribution in [0.5, 0.6) is 0 Å². The predicted molar refractivity (Wildman–Crippen MR) is 72.6 cm³/mol. The lowest BCUT2D eigenvalue weighted by atomic mass is 9.98. The number of aromatic amines is 1. The molecule has 1 aliphatic rings. The molecule has 0 spiro atoms. The van der Waals surface area contributed by atoms with Gasteiger partial charge in [0.05, 0.1) is 0 Å². The molecule has 4 N–H and O–H groups in total. The molecule has 0 radical (unpaired) electrons.